The molecule has 2 aromatic rings. The van der Waals surface area contributed by atoms with E-state index in [2.05, 4.69) is 5.32 Å². The highest BCUT2D eigenvalue weighted by atomic mass is 19.1. The first-order valence-electron chi connectivity index (χ1n) is 7.13. The van der Waals surface area contributed by atoms with E-state index in [1.807, 2.05) is 12.1 Å². The first-order chi connectivity index (χ1) is 10.6. The summed E-state index contributed by atoms with van der Waals surface area (Å²) in [6, 6.07) is 13.3. The van der Waals surface area contributed by atoms with Crippen molar-refractivity contribution in [1.29, 1.82) is 0 Å². The third-order valence-corrected chi connectivity index (χ3v) is 3.13. The van der Waals surface area contributed by atoms with Crippen LogP contribution in [0.4, 0.5) is 10.1 Å². The molecule has 0 saturated carbocycles. The molecule has 0 unspecified atom stereocenters. The molecule has 0 aliphatic rings. The fraction of sp³-hybridized carbons (Fsp3) is 0.235. The van der Waals surface area contributed by atoms with Crippen LogP contribution in [0.15, 0.2) is 48.5 Å². The van der Waals surface area contributed by atoms with Crippen LogP contribution in [0, 0.1) is 5.82 Å². The minimum Gasteiger partial charge on any atom is -0.491 e. The summed E-state index contributed by atoms with van der Waals surface area (Å²) in [5, 5.41) is 2.79. The first kappa shape index (κ1) is 15.8. The zero-order chi connectivity index (χ0) is 15.8. The summed E-state index contributed by atoms with van der Waals surface area (Å²) in [4.78, 5) is 11.7. The fourth-order valence-electron chi connectivity index (χ4n) is 1.92. The Morgan fingerprint density at radius 1 is 1.14 bits per heavy atom. The van der Waals surface area contributed by atoms with Gasteiger partial charge in [-0.25, -0.2) is 4.39 Å². The van der Waals surface area contributed by atoms with E-state index >= 15 is 0 Å². The molecule has 22 heavy (non-hydrogen) atoms. The number of rotatable bonds is 7. The zero-order valence-electron chi connectivity index (χ0n) is 12.2. The van der Waals surface area contributed by atoms with E-state index in [0.717, 1.165) is 5.56 Å². The first-order valence-corrected chi connectivity index (χ1v) is 7.13. The van der Waals surface area contributed by atoms with E-state index in [0.29, 0.717) is 37.4 Å². The van der Waals surface area contributed by atoms with Crippen LogP contribution in [0.2, 0.25) is 0 Å². The van der Waals surface area contributed by atoms with Crippen LogP contribution in [-0.2, 0) is 11.3 Å². The maximum absolute atomic E-state index is 12.7. The van der Waals surface area contributed by atoms with Crippen LogP contribution in [0.1, 0.15) is 18.4 Å². The highest BCUT2D eigenvalue weighted by Gasteiger charge is 2.03. The monoisotopic (exact) mass is 302 g/mol. The molecule has 5 heteroatoms. The number of amides is 1. The minimum absolute atomic E-state index is 0.0611. The Kier molecular flexibility index (Phi) is 5.77. The highest BCUT2D eigenvalue weighted by Crippen LogP contribution is 2.19. The van der Waals surface area contributed by atoms with Crippen LogP contribution in [0.3, 0.4) is 0 Å². The molecule has 0 atom stereocenters. The Bertz CT molecular complexity index is 614. The molecule has 0 bridgehead atoms. The third kappa shape index (κ3) is 5.09. The second kappa shape index (κ2) is 8.02. The van der Waals surface area contributed by atoms with Crippen LogP contribution in [-0.4, -0.2) is 12.5 Å². The number of carbonyl (C=O) groups is 1. The second-order valence-corrected chi connectivity index (χ2v) is 4.89. The van der Waals surface area contributed by atoms with Crippen LogP contribution < -0.4 is 15.8 Å². The van der Waals surface area contributed by atoms with Gasteiger partial charge in [0.2, 0.25) is 5.91 Å². The SMILES string of the molecule is Nc1ccccc1OCCCC(=O)NCc1ccc(F)cc1. The third-order valence-electron chi connectivity index (χ3n) is 3.13. The Labute approximate surface area is 129 Å². The summed E-state index contributed by atoms with van der Waals surface area (Å²) < 4.78 is 18.3. The maximum atomic E-state index is 12.7. The second-order valence-electron chi connectivity index (χ2n) is 4.89. The summed E-state index contributed by atoms with van der Waals surface area (Å²) in [6.07, 6.45) is 0.970. The largest absolute Gasteiger partial charge is 0.491 e. The lowest BCUT2D eigenvalue weighted by molar-refractivity contribution is -0.121. The van der Waals surface area contributed by atoms with Crippen molar-refractivity contribution in [3.8, 4) is 5.75 Å². The van der Waals surface area contributed by atoms with Crippen molar-refractivity contribution in [2.45, 2.75) is 19.4 Å². The molecule has 0 aromatic heterocycles. The number of nitrogen functional groups attached to an aromatic ring is 1. The predicted molar refractivity (Wildman–Crippen MR) is 83.8 cm³/mol. The van der Waals surface area contributed by atoms with Crippen molar-refractivity contribution in [1.82, 2.24) is 5.32 Å². The van der Waals surface area contributed by atoms with Crippen LogP contribution >= 0.6 is 0 Å². The van der Waals surface area contributed by atoms with Crippen LogP contribution in [0.25, 0.3) is 0 Å². The molecular formula is C17H19FN2O2. The van der Waals surface area contributed by atoms with E-state index in [1.54, 1.807) is 24.3 Å². The van der Waals surface area contributed by atoms with E-state index in [9.17, 15) is 9.18 Å². The van der Waals surface area contributed by atoms with Gasteiger partial charge in [-0.3, -0.25) is 4.79 Å². The topological polar surface area (TPSA) is 64.3 Å². The summed E-state index contributed by atoms with van der Waals surface area (Å²) in [5.41, 5.74) is 7.20. The van der Waals surface area contributed by atoms with Gasteiger partial charge >= 0.3 is 0 Å². The maximum Gasteiger partial charge on any atom is 0.220 e. The number of benzene rings is 2. The molecule has 0 fully saturated rings. The molecule has 116 valence electrons. The fourth-order valence-corrected chi connectivity index (χ4v) is 1.92. The highest BCUT2D eigenvalue weighted by molar-refractivity contribution is 5.75. The molecule has 0 heterocycles. The summed E-state index contributed by atoms with van der Waals surface area (Å²) >= 11 is 0. The number of carbonyl (C=O) groups excluding carboxylic acids is 1. The number of ether oxygens (including phenoxy) is 1. The van der Waals surface area contributed by atoms with E-state index in [4.69, 9.17) is 10.5 Å². The Balaban J connectivity index is 1.64. The summed E-state index contributed by atoms with van der Waals surface area (Å²) in [5.74, 6) is 0.288. The average Bonchev–Trinajstić information content (AvgIpc) is 2.52. The number of halogens is 1. The molecule has 2 rings (SSSR count). The van der Waals surface area contributed by atoms with E-state index in [-0.39, 0.29) is 11.7 Å². The number of anilines is 1. The lowest BCUT2D eigenvalue weighted by Crippen LogP contribution is -2.23. The molecule has 3 N–H and O–H groups in total. The molecule has 4 nitrogen and oxygen atoms in total. The molecule has 2 aromatic carbocycles. The predicted octanol–water partition coefficient (Wildman–Crippen LogP) is 2.88. The molecule has 0 aliphatic carbocycles. The van der Waals surface area contributed by atoms with Gasteiger partial charge < -0.3 is 15.8 Å². The van der Waals surface area contributed by atoms with Crippen molar-refractivity contribution < 1.29 is 13.9 Å². The quantitative estimate of drug-likeness (QED) is 0.610. The van der Waals surface area contributed by atoms with Crippen LogP contribution in [0.5, 0.6) is 5.75 Å². The lowest BCUT2D eigenvalue weighted by Gasteiger charge is -2.09. The summed E-state index contributed by atoms with van der Waals surface area (Å²) in [7, 11) is 0. The average molecular weight is 302 g/mol. The molecule has 0 radical (unpaired) electrons. The Morgan fingerprint density at radius 3 is 2.59 bits per heavy atom. The van der Waals surface area contributed by atoms with Gasteiger partial charge in [-0.2, -0.15) is 0 Å². The standard InChI is InChI=1S/C17H19FN2O2/c18-14-9-7-13(8-10-14)12-20-17(21)6-3-11-22-16-5-2-1-4-15(16)19/h1-2,4-5,7-10H,3,6,11-12,19H2,(H,20,21). The van der Waals surface area contributed by atoms with Gasteiger partial charge in [-0.15, -0.1) is 0 Å². The smallest absolute Gasteiger partial charge is 0.220 e. The minimum atomic E-state index is -0.285. The van der Waals surface area contributed by atoms with Gasteiger partial charge in [0.15, 0.2) is 0 Å². The number of nitrogens with one attached hydrogen (secondary N) is 1. The van der Waals surface area contributed by atoms with Crippen molar-refractivity contribution in [2.75, 3.05) is 12.3 Å². The van der Waals surface area contributed by atoms with E-state index < -0.39 is 0 Å². The molecular weight excluding hydrogens is 283 g/mol. The van der Waals surface area contributed by atoms with Crippen molar-refractivity contribution in [3.05, 3.63) is 59.9 Å². The van der Waals surface area contributed by atoms with Gasteiger partial charge in [-0.05, 0) is 36.2 Å². The number of hydrogen-bond acceptors (Lipinski definition) is 3. The lowest BCUT2D eigenvalue weighted by atomic mass is 10.2. The van der Waals surface area contributed by atoms with Gasteiger partial charge in [0, 0.05) is 13.0 Å². The molecule has 0 spiro atoms. The Hall–Kier alpha value is -2.56. The van der Waals surface area contributed by atoms with Gasteiger partial charge in [-0.1, -0.05) is 24.3 Å². The van der Waals surface area contributed by atoms with Crippen molar-refractivity contribution in [2.24, 2.45) is 0 Å². The van der Waals surface area contributed by atoms with Gasteiger partial charge in [0.1, 0.15) is 11.6 Å². The van der Waals surface area contributed by atoms with Gasteiger partial charge in [0.25, 0.3) is 0 Å². The molecule has 1 amide bonds. The van der Waals surface area contributed by atoms with Crippen molar-refractivity contribution in [3.63, 3.8) is 0 Å². The number of nitrogens with two attached hydrogens (primary N) is 1. The zero-order valence-corrected chi connectivity index (χ0v) is 12.2. The molecule has 0 aliphatic heterocycles. The Morgan fingerprint density at radius 2 is 1.86 bits per heavy atom. The number of para-hydroxylation sites is 2. The van der Waals surface area contributed by atoms with Crippen molar-refractivity contribution >= 4 is 11.6 Å². The normalized spacial score (nSPS) is 10.2. The van der Waals surface area contributed by atoms with E-state index in [1.165, 1.54) is 12.1 Å². The van der Waals surface area contributed by atoms with Gasteiger partial charge in [0.05, 0.1) is 12.3 Å². The molecule has 0 saturated heterocycles. The summed E-state index contributed by atoms with van der Waals surface area (Å²) in [6.45, 7) is 0.823. The number of hydrogen-bond donors (Lipinski definition) is 2.